The van der Waals surface area contributed by atoms with Gasteiger partial charge in [0.2, 0.25) is 0 Å². The lowest BCUT2D eigenvalue weighted by Gasteiger charge is -2.22. The van der Waals surface area contributed by atoms with Crippen LogP contribution in [0.1, 0.15) is 33.1 Å². The Bertz CT molecular complexity index is 197. The van der Waals surface area contributed by atoms with Crippen molar-refractivity contribution in [3.05, 3.63) is 12.2 Å². The second-order valence-corrected chi connectivity index (χ2v) is 4.24. The minimum Gasteiger partial charge on any atom is -0.366 e. The van der Waals surface area contributed by atoms with Crippen LogP contribution in [0.2, 0.25) is 0 Å². The monoisotopic (exact) mass is 152 g/mol. The van der Waals surface area contributed by atoms with Crippen molar-refractivity contribution in [2.24, 2.45) is 5.92 Å². The fraction of sp³-hybridized carbons (Fsp3) is 0.800. The number of epoxide rings is 1. The minimum absolute atomic E-state index is 0.270. The molecule has 1 aliphatic heterocycles. The molecule has 11 heavy (non-hydrogen) atoms. The molecule has 0 aromatic heterocycles. The van der Waals surface area contributed by atoms with E-state index in [1.54, 1.807) is 0 Å². The summed E-state index contributed by atoms with van der Waals surface area (Å²) in [6.45, 7) is 8.36. The van der Waals surface area contributed by atoms with Gasteiger partial charge in [0.25, 0.3) is 0 Å². The topological polar surface area (TPSA) is 12.5 Å². The maximum absolute atomic E-state index is 5.60. The number of hydrogen-bond acceptors (Lipinski definition) is 1. The first-order valence-electron chi connectivity index (χ1n) is 4.45. The van der Waals surface area contributed by atoms with E-state index in [2.05, 4.69) is 20.4 Å². The van der Waals surface area contributed by atoms with Crippen LogP contribution in [0.25, 0.3) is 0 Å². The van der Waals surface area contributed by atoms with Crippen molar-refractivity contribution >= 4 is 0 Å². The Morgan fingerprint density at radius 3 is 2.91 bits per heavy atom. The average Bonchev–Trinajstić information content (AvgIpc) is 2.58. The van der Waals surface area contributed by atoms with Gasteiger partial charge in [-0.05, 0) is 39.0 Å². The Hall–Kier alpha value is -0.300. The van der Waals surface area contributed by atoms with Crippen molar-refractivity contribution in [2.45, 2.75) is 44.8 Å². The average molecular weight is 152 g/mol. The number of allylic oxidation sites excluding steroid dienone is 1. The molecular formula is C10H16O. The van der Waals surface area contributed by atoms with E-state index in [4.69, 9.17) is 4.74 Å². The maximum Gasteiger partial charge on any atom is 0.0920 e. The summed E-state index contributed by atoms with van der Waals surface area (Å²) < 4.78 is 5.60. The van der Waals surface area contributed by atoms with Crippen LogP contribution in [0, 0.1) is 5.92 Å². The van der Waals surface area contributed by atoms with Crippen LogP contribution in [0.5, 0.6) is 0 Å². The van der Waals surface area contributed by atoms with Crippen molar-refractivity contribution < 1.29 is 4.74 Å². The molecule has 1 heteroatoms. The van der Waals surface area contributed by atoms with Crippen molar-refractivity contribution in [1.29, 1.82) is 0 Å². The molecule has 0 radical (unpaired) electrons. The summed E-state index contributed by atoms with van der Waals surface area (Å²) in [6.07, 6.45) is 4.28. The van der Waals surface area contributed by atoms with Gasteiger partial charge in [0.05, 0.1) is 11.7 Å². The van der Waals surface area contributed by atoms with E-state index >= 15 is 0 Å². The molecule has 0 spiro atoms. The molecule has 62 valence electrons. The smallest absolute Gasteiger partial charge is 0.0920 e. The highest BCUT2D eigenvalue weighted by Gasteiger charge is 2.55. The predicted octanol–water partition coefficient (Wildman–Crippen LogP) is 2.52. The van der Waals surface area contributed by atoms with E-state index in [0.717, 1.165) is 5.92 Å². The van der Waals surface area contributed by atoms with Gasteiger partial charge in [-0.1, -0.05) is 12.2 Å². The molecule has 1 saturated heterocycles. The Kier molecular flexibility index (Phi) is 1.40. The van der Waals surface area contributed by atoms with Gasteiger partial charge >= 0.3 is 0 Å². The standard InChI is InChI=1S/C10H16O/c1-7(2)8-4-5-10(3)9(6-8)11-10/h8-9H,1,4-6H2,2-3H3/t8-,9-,10-/m1/s1. The van der Waals surface area contributed by atoms with Crippen LogP contribution >= 0.6 is 0 Å². The number of ether oxygens (including phenoxy) is 1. The van der Waals surface area contributed by atoms with Gasteiger partial charge < -0.3 is 4.74 Å². The third-order valence-corrected chi connectivity index (χ3v) is 3.22. The van der Waals surface area contributed by atoms with E-state index in [1.165, 1.54) is 24.8 Å². The molecule has 1 aliphatic carbocycles. The Labute approximate surface area is 68.4 Å². The van der Waals surface area contributed by atoms with Crippen LogP contribution in [-0.2, 0) is 4.74 Å². The van der Waals surface area contributed by atoms with Gasteiger partial charge in [0.1, 0.15) is 0 Å². The molecule has 0 N–H and O–H groups in total. The zero-order valence-corrected chi connectivity index (χ0v) is 7.39. The molecule has 3 atom stereocenters. The van der Waals surface area contributed by atoms with Crippen molar-refractivity contribution in [3.8, 4) is 0 Å². The first-order valence-corrected chi connectivity index (χ1v) is 4.45. The molecule has 0 amide bonds. The molecule has 2 fully saturated rings. The highest BCUT2D eigenvalue weighted by Crippen LogP contribution is 2.50. The third-order valence-electron chi connectivity index (χ3n) is 3.22. The summed E-state index contributed by atoms with van der Waals surface area (Å²) in [4.78, 5) is 0. The van der Waals surface area contributed by atoms with Gasteiger partial charge in [-0.15, -0.1) is 0 Å². The van der Waals surface area contributed by atoms with Crippen LogP contribution in [0.15, 0.2) is 12.2 Å². The van der Waals surface area contributed by atoms with Crippen molar-refractivity contribution in [3.63, 3.8) is 0 Å². The summed E-state index contributed by atoms with van der Waals surface area (Å²) in [5.74, 6) is 0.732. The lowest BCUT2D eigenvalue weighted by atomic mass is 9.80. The first kappa shape index (κ1) is 7.35. The Morgan fingerprint density at radius 2 is 2.36 bits per heavy atom. The molecule has 0 aromatic rings. The summed E-state index contributed by atoms with van der Waals surface area (Å²) in [7, 11) is 0. The summed E-state index contributed by atoms with van der Waals surface area (Å²) in [6, 6.07) is 0. The van der Waals surface area contributed by atoms with E-state index in [0.29, 0.717) is 6.10 Å². The lowest BCUT2D eigenvalue weighted by Crippen LogP contribution is -2.21. The van der Waals surface area contributed by atoms with Crippen molar-refractivity contribution in [2.75, 3.05) is 0 Å². The van der Waals surface area contributed by atoms with Gasteiger partial charge in [0.15, 0.2) is 0 Å². The second kappa shape index (κ2) is 2.10. The zero-order chi connectivity index (χ0) is 8.06. The molecule has 0 aromatic carbocycles. The molecular weight excluding hydrogens is 136 g/mol. The van der Waals surface area contributed by atoms with Gasteiger partial charge in [-0.3, -0.25) is 0 Å². The van der Waals surface area contributed by atoms with Crippen LogP contribution in [0.4, 0.5) is 0 Å². The maximum atomic E-state index is 5.60. The largest absolute Gasteiger partial charge is 0.366 e. The van der Waals surface area contributed by atoms with E-state index in [9.17, 15) is 0 Å². The van der Waals surface area contributed by atoms with Gasteiger partial charge in [-0.2, -0.15) is 0 Å². The van der Waals surface area contributed by atoms with Gasteiger partial charge in [-0.25, -0.2) is 0 Å². The summed E-state index contributed by atoms with van der Waals surface area (Å²) >= 11 is 0. The minimum atomic E-state index is 0.270. The molecule has 2 aliphatic rings. The van der Waals surface area contributed by atoms with Gasteiger partial charge in [0, 0.05) is 0 Å². The molecule has 0 bridgehead atoms. The molecule has 2 rings (SSSR count). The first-order chi connectivity index (χ1) is 5.12. The zero-order valence-electron chi connectivity index (χ0n) is 7.39. The van der Waals surface area contributed by atoms with E-state index in [-0.39, 0.29) is 5.60 Å². The quantitative estimate of drug-likeness (QED) is 0.415. The molecule has 1 nitrogen and oxygen atoms in total. The lowest BCUT2D eigenvalue weighted by molar-refractivity contribution is 0.303. The number of rotatable bonds is 1. The highest BCUT2D eigenvalue weighted by molar-refractivity contribution is 5.10. The number of hydrogen-bond donors (Lipinski definition) is 0. The third kappa shape index (κ3) is 1.12. The normalized spacial score (nSPS) is 48.2. The molecule has 0 unspecified atom stereocenters. The molecule has 1 heterocycles. The predicted molar refractivity (Wildman–Crippen MR) is 45.4 cm³/mol. The summed E-state index contributed by atoms with van der Waals surface area (Å²) in [5, 5.41) is 0. The van der Waals surface area contributed by atoms with Crippen molar-refractivity contribution in [1.82, 2.24) is 0 Å². The molecule has 1 saturated carbocycles. The van der Waals surface area contributed by atoms with E-state index < -0.39 is 0 Å². The Balaban J connectivity index is 1.98. The second-order valence-electron chi connectivity index (χ2n) is 4.24. The highest BCUT2D eigenvalue weighted by atomic mass is 16.6. The number of fused-ring (bicyclic) bond motifs is 1. The Morgan fingerprint density at radius 1 is 1.64 bits per heavy atom. The van der Waals surface area contributed by atoms with E-state index in [1.807, 2.05) is 0 Å². The SMILES string of the molecule is C=C(C)[C@@H]1CC[C@@]2(C)O[C@@H]2C1. The fourth-order valence-corrected chi connectivity index (χ4v) is 2.09. The van der Waals surface area contributed by atoms with Crippen LogP contribution in [-0.4, -0.2) is 11.7 Å². The summed E-state index contributed by atoms with van der Waals surface area (Å²) in [5.41, 5.74) is 1.61. The fourth-order valence-electron chi connectivity index (χ4n) is 2.09. The van der Waals surface area contributed by atoms with Crippen LogP contribution < -0.4 is 0 Å². The van der Waals surface area contributed by atoms with Crippen LogP contribution in [0.3, 0.4) is 0 Å².